The third kappa shape index (κ3) is 5.66. The number of carbonyl (C=O) groups excluding carboxylic acids is 1. The Morgan fingerprint density at radius 3 is 2.60 bits per heavy atom. The van der Waals surface area contributed by atoms with Gasteiger partial charge >= 0.3 is 0 Å². The van der Waals surface area contributed by atoms with E-state index in [4.69, 9.17) is 11.8 Å². The summed E-state index contributed by atoms with van der Waals surface area (Å²) in [7, 11) is 0. The normalized spacial score (nSPS) is 14.7. The molecule has 0 spiro atoms. The van der Waals surface area contributed by atoms with E-state index in [-0.39, 0.29) is 6.54 Å². The van der Waals surface area contributed by atoms with Crippen LogP contribution in [-0.4, -0.2) is 36.1 Å². The van der Waals surface area contributed by atoms with Crippen LogP contribution in [0.1, 0.15) is 6.42 Å². The van der Waals surface area contributed by atoms with E-state index in [9.17, 15) is 18.7 Å². The first-order valence-corrected chi connectivity index (χ1v) is 4.61. The molecule has 0 saturated carbocycles. The number of hydrogen-bond acceptors (Lipinski definition) is 3. The van der Waals surface area contributed by atoms with Crippen LogP contribution in [0.25, 0.3) is 0 Å². The molecule has 0 aliphatic heterocycles. The fourth-order valence-corrected chi connectivity index (χ4v) is 1.09. The van der Waals surface area contributed by atoms with Gasteiger partial charge in [0.15, 0.2) is 0 Å². The lowest BCUT2D eigenvalue weighted by Gasteiger charge is -2.19. The van der Waals surface area contributed by atoms with Gasteiger partial charge in [-0.15, -0.1) is 6.58 Å². The molecule has 0 bridgehead atoms. The standard InChI is InChI=1S/C8H13ClF2N2O2/c1-2-3-12-8(15)7(14)5(13-9)4-6(10)11/h2,5-7,13-14H,1,3-4H2,(H,12,15). The summed E-state index contributed by atoms with van der Waals surface area (Å²) in [4.78, 5) is 13.1. The second kappa shape index (κ2) is 7.56. The number of rotatable bonds is 7. The number of aliphatic hydroxyl groups excluding tert-OH is 1. The Balaban J connectivity index is 4.17. The molecule has 7 heteroatoms. The van der Waals surface area contributed by atoms with Crippen LogP contribution in [-0.2, 0) is 4.79 Å². The van der Waals surface area contributed by atoms with E-state index in [1.807, 2.05) is 4.84 Å². The van der Waals surface area contributed by atoms with Gasteiger partial charge in [-0.25, -0.2) is 13.6 Å². The summed E-state index contributed by atoms with van der Waals surface area (Å²) in [6, 6.07) is -1.18. The molecule has 2 atom stereocenters. The number of alkyl halides is 2. The minimum Gasteiger partial charge on any atom is -0.382 e. The summed E-state index contributed by atoms with van der Waals surface area (Å²) in [5, 5.41) is 11.6. The van der Waals surface area contributed by atoms with Crippen LogP contribution in [0, 0.1) is 0 Å². The molecule has 88 valence electrons. The first kappa shape index (κ1) is 14.3. The van der Waals surface area contributed by atoms with Crippen LogP contribution in [0.3, 0.4) is 0 Å². The van der Waals surface area contributed by atoms with Gasteiger partial charge < -0.3 is 10.4 Å². The highest BCUT2D eigenvalue weighted by molar-refractivity contribution is 6.13. The van der Waals surface area contributed by atoms with Gasteiger partial charge in [-0.05, 0) is 11.8 Å². The lowest BCUT2D eigenvalue weighted by atomic mass is 10.1. The highest BCUT2D eigenvalue weighted by Crippen LogP contribution is 2.08. The Morgan fingerprint density at radius 1 is 1.60 bits per heavy atom. The molecule has 0 rings (SSSR count). The molecule has 0 aromatic carbocycles. The van der Waals surface area contributed by atoms with Crippen LogP contribution in [0.15, 0.2) is 12.7 Å². The summed E-state index contributed by atoms with van der Waals surface area (Å²) < 4.78 is 24.0. The summed E-state index contributed by atoms with van der Waals surface area (Å²) >= 11 is 5.14. The fourth-order valence-electron chi connectivity index (χ4n) is 0.885. The SMILES string of the molecule is C=CCNC(=O)C(O)C(CC(F)F)NCl. The minimum absolute atomic E-state index is 0.152. The zero-order valence-corrected chi connectivity index (χ0v) is 8.68. The average Bonchev–Trinajstić information content (AvgIpc) is 2.21. The Bertz CT molecular complexity index is 217. The quantitative estimate of drug-likeness (QED) is 0.448. The van der Waals surface area contributed by atoms with Gasteiger partial charge in [0, 0.05) is 13.0 Å². The molecule has 2 unspecified atom stereocenters. The largest absolute Gasteiger partial charge is 0.382 e. The van der Waals surface area contributed by atoms with E-state index in [1.54, 1.807) is 0 Å². The zero-order valence-electron chi connectivity index (χ0n) is 7.92. The van der Waals surface area contributed by atoms with Crippen LogP contribution in [0.4, 0.5) is 8.78 Å². The predicted octanol–water partition coefficient (Wildman–Crippen LogP) is 0.417. The van der Waals surface area contributed by atoms with Gasteiger partial charge in [0.1, 0.15) is 6.10 Å². The van der Waals surface area contributed by atoms with E-state index >= 15 is 0 Å². The molecule has 15 heavy (non-hydrogen) atoms. The molecule has 0 heterocycles. The minimum atomic E-state index is -2.65. The lowest BCUT2D eigenvalue weighted by molar-refractivity contribution is -0.130. The van der Waals surface area contributed by atoms with Gasteiger partial charge in [-0.1, -0.05) is 6.08 Å². The third-order valence-electron chi connectivity index (χ3n) is 1.64. The maximum Gasteiger partial charge on any atom is 0.250 e. The lowest BCUT2D eigenvalue weighted by Crippen LogP contribution is -2.47. The smallest absolute Gasteiger partial charge is 0.250 e. The van der Waals surface area contributed by atoms with Crippen LogP contribution in [0.2, 0.25) is 0 Å². The van der Waals surface area contributed by atoms with E-state index in [1.165, 1.54) is 6.08 Å². The van der Waals surface area contributed by atoms with Crippen molar-refractivity contribution in [1.82, 2.24) is 10.2 Å². The van der Waals surface area contributed by atoms with Crippen molar-refractivity contribution in [3.8, 4) is 0 Å². The number of aliphatic hydroxyl groups is 1. The summed E-state index contributed by atoms with van der Waals surface area (Å²) in [5.41, 5.74) is 0. The molecular formula is C8H13ClF2N2O2. The third-order valence-corrected chi connectivity index (χ3v) is 1.92. The summed E-state index contributed by atoms with van der Waals surface area (Å²) in [6.45, 7) is 3.50. The van der Waals surface area contributed by atoms with E-state index in [0.29, 0.717) is 0 Å². The number of hydrogen-bond donors (Lipinski definition) is 3. The van der Waals surface area contributed by atoms with Crippen LogP contribution < -0.4 is 10.2 Å². The highest BCUT2D eigenvalue weighted by atomic mass is 35.5. The van der Waals surface area contributed by atoms with Crippen molar-refractivity contribution in [2.45, 2.75) is 25.0 Å². The molecular weight excluding hydrogens is 230 g/mol. The Kier molecular flexibility index (Phi) is 7.19. The topological polar surface area (TPSA) is 61.4 Å². The molecule has 0 aromatic heterocycles. The molecule has 0 radical (unpaired) electrons. The number of halogens is 3. The van der Waals surface area contributed by atoms with Gasteiger partial charge in [-0.3, -0.25) is 4.79 Å². The number of amides is 1. The molecule has 0 aliphatic carbocycles. The van der Waals surface area contributed by atoms with E-state index in [0.717, 1.165) is 0 Å². The number of carbonyl (C=O) groups is 1. The van der Waals surface area contributed by atoms with E-state index < -0.39 is 30.9 Å². The summed E-state index contributed by atoms with van der Waals surface area (Å²) in [5.74, 6) is -0.770. The molecule has 0 aromatic rings. The van der Waals surface area contributed by atoms with Crippen molar-refractivity contribution >= 4 is 17.7 Å². The zero-order chi connectivity index (χ0) is 11.8. The second-order valence-electron chi connectivity index (χ2n) is 2.82. The average molecular weight is 243 g/mol. The van der Waals surface area contributed by atoms with Crippen molar-refractivity contribution in [2.75, 3.05) is 6.54 Å². The summed E-state index contributed by atoms with van der Waals surface area (Å²) in [6.07, 6.45) is -3.56. The predicted molar refractivity (Wildman–Crippen MR) is 52.6 cm³/mol. The van der Waals surface area contributed by atoms with Crippen molar-refractivity contribution < 1.29 is 18.7 Å². The van der Waals surface area contributed by atoms with E-state index in [2.05, 4.69) is 11.9 Å². The Labute approximate surface area is 91.4 Å². The molecule has 1 amide bonds. The molecule has 4 nitrogen and oxygen atoms in total. The van der Waals surface area contributed by atoms with Gasteiger partial charge in [-0.2, -0.15) is 0 Å². The van der Waals surface area contributed by atoms with Crippen molar-refractivity contribution in [3.05, 3.63) is 12.7 Å². The first-order chi connectivity index (χ1) is 7.02. The molecule has 0 aliphatic rings. The molecule has 0 saturated heterocycles. The van der Waals surface area contributed by atoms with Crippen molar-refractivity contribution in [2.24, 2.45) is 0 Å². The Morgan fingerprint density at radius 2 is 2.20 bits per heavy atom. The maximum absolute atomic E-state index is 12.0. The van der Waals surface area contributed by atoms with Gasteiger partial charge in [0.05, 0.1) is 6.04 Å². The van der Waals surface area contributed by atoms with Crippen LogP contribution >= 0.6 is 11.8 Å². The first-order valence-electron chi connectivity index (χ1n) is 4.23. The molecule has 0 fully saturated rings. The highest BCUT2D eigenvalue weighted by Gasteiger charge is 2.27. The maximum atomic E-state index is 12.0. The monoisotopic (exact) mass is 242 g/mol. The second-order valence-corrected chi connectivity index (χ2v) is 3.04. The van der Waals surface area contributed by atoms with Crippen molar-refractivity contribution in [1.29, 1.82) is 0 Å². The number of nitrogens with one attached hydrogen (secondary N) is 2. The van der Waals surface area contributed by atoms with Crippen molar-refractivity contribution in [3.63, 3.8) is 0 Å². The fraction of sp³-hybridized carbons (Fsp3) is 0.625. The molecule has 3 N–H and O–H groups in total. The van der Waals surface area contributed by atoms with Gasteiger partial charge in [0.2, 0.25) is 6.43 Å². The van der Waals surface area contributed by atoms with Gasteiger partial charge in [0.25, 0.3) is 5.91 Å². The van der Waals surface area contributed by atoms with Crippen LogP contribution in [0.5, 0.6) is 0 Å². The Hall–Kier alpha value is -0.720.